The monoisotopic (exact) mass is 126 g/mol. The Morgan fingerprint density at radius 1 is 1.67 bits per heavy atom. The summed E-state index contributed by atoms with van der Waals surface area (Å²) in [5.41, 5.74) is 0.839. The van der Waals surface area contributed by atoms with E-state index in [0.717, 1.165) is 12.2 Å². The smallest absolute Gasteiger partial charge is 0.240 e. The highest BCUT2D eigenvalue weighted by Crippen LogP contribution is 2.00. The van der Waals surface area contributed by atoms with Gasteiger partial charge in [0, 0.05) is 19.3 Å². The normalized spacial score (nSPS) is 20.8. The Morgan fingerprint density at radius 2 is 2.33 bits per heavy atom. The number of hydrogen-bond donors (Lipinski definition) is 1. The summed E-state index contributed by atoms with van der Waals surface area (Å²) in [6, 6.07) is 0. The van der Waals surface area contributed by atoms with Gasteiger partial charge in [-0.15, -0.1) is 0 Å². The number of piperazine rings is 1. The van der Waals surface area contributed by atoms with Gasteiger partial charge in [-0.3, -0.25) is 4.79 Å². The van der Waals surface area contributed by atoms with E-state index in [0.29, 0.717) is 6.54 Å². The molecule has 9 heavy (non-hydrogen) atoms. The summed E-state index contributed by atoms with van der Waals surface area (Å²) < 4.78 is 0. The van der Waals surface area contributed by atoms with Crippen molar-refractivity contribution in [3.8, 4) is 0 Å². The molecule has 1 saturated heterocycles. The largest absolute Gasteiger partial charge is 0.317 e. The summed E-state index contributed by atoms with van der Waals surface area (Å²) in [5.74, 6) is 0.0891. The SMILES string of the molecule is C=C1CNCC(=O)N1C. The van der Waals surface area contributed by atoms with Crippen LogP contribution in [0.4, 0.5) is 0 Å². The number of amides is 1. The molecule has 1 rings (SSSR count). The van der Waals surface area contributed by atoms with Gasteiger partial charge in [-0.25, -0.2) is 0 Å². The van der Waals surface area contributed by atoms with Crippen LogP contribution in [-0.4, -0.2) is 30.9 Å². The predicted molar refractivity (Wildman–Crippen MR) is 34.8 cm³/mol. The van der Waals surface area contributed by atoms with Crippen molar-refractivity contribution in [2.45, 2.75) is 0 Å². The van der Waals surface area contributed by atoms with Crippen LogP contribution in [0.1, 0.15) is 0 Å². The topological polar surface area (TPSA) is 32.3 Å². The summed E-state index contributed by atoms with van der Waals surface area (Å²) in [6.45, 7) is 4.85. The second-order valence-corrected chi connectivity index (χ2v) is 2.12. The Bertz CT molecular complexity index is 137. The number of rotatable bonds is 0. The summed E-state index contributed by atoms with van der Waals surface area (Å²) in [5, 5.41) is 2.92. The molecule has 1 amide bonds. The third-order valence-corrected chi connectivity index (χ3v) is 1.45. The molecule has 3 heteroatoms. The Hall–Kier alpha value is -0.830. The molecule has 1 N–H and O–H groups in total. The van der Waals surface area contributed by atoms with Gasteiger partial charge in [0.15, 0.2) is 0 Å². The van der Waals surface area contributed by atoms with E-state index in [4.69, 9.17) is 0 Å². The molecular weight excluding hydrogens is 116 g/mol. The van der Waals surface area contributed by atoms with Crippen molar-refractivity contribution < 1.29 is 4.79 Å². The maximum absolute atomic E-state index is 10.8. The highest BCUT2D eigenvalue weighted by Gasteiger charge is 2.15. The molecule has 0 radical (unpaired) electrons. The van der Waals surface area contributed by atoms with Crippen LogP contribution in [0.2, 0.25) is 0 Å². The molecule has 0 spiro atoms. The van der Waals surface area contributed by atoms with Crippen LogP contribution in [-0.2, 0) is 4.79 Å². The number of carbonyl (C=O) groups is 1. The van der Waals surface area contributed by atoms with Crippen molar-refractivity contribution in [2.75, 3.05) is 20.1 Å². The third-order valence-electron chi connectivity index (χ3n) is 1.45. The molecule has 0 atom stereocenters. The fourth-order valence-electron chi connectivity index (χ4n) is 0.727. The van der Waals surface area contributed by atoms with E-state index in [1.807, 2.05) is 0 Å². The van der Waals surface area contributed by atoms with Crippen LogP contribution < -0.4 is 5.32 Å². The second kappa shape index (κ2) is 2.19. The van der Waals surface area contributed by atoms with Crippen LogP contribution in [0.15, 0.2) is 12.3 Å². The minimum atomic E-state index is 0.0891. The van der Waals surface area contributed by atoms with Gasteiger partial charge in [0.2, 0.25) is 5.91 Å². The van der Waals surface area contributed by atoms with Gasteiger partial charge < -0.3 is 10.2 Å². The van der Waals surface area contributed by atoms with Crippen LogP contribution in [0.25, 0.3) is 0 Å². The maximum atomic E-state index is 10.8. The van der Waals surface area contributed by atoms with Gasteiger partial charge in [0.25, 0.3) is 0 Å². The number of nitrogens with zero attached hydrogens (tertiary/aromatic N) is 1. The minimum absolute atomic E-state index is 0.0891. The number of nitrogens with one attached hydrogen (secondary N) is 1. The number of hydrogen-bond acceptors (Lipinski definition) is 2. The molecular formula is C6H10N2O. The molecule has 0 bridgehead atoms. The van der Waals surface area contributed by atoms with Gasteiger partial charge in [0.05, 0.1) is 6.54 Å². The van der Waals surface area contributed by atoms with Gasteiger partial charge in [0.1, 0.15) is 0 Å². The van der Waals surface area contributed by atoms with E-state index in [9.17, 15) is 4.79 Å². The molecule has 3 nitrogen and oxygen atoms in total. The molecule has 1 heterocycles. The average Bonchev–Trinajstić information content (AvgIpc) is 1.83. The number of likely N-dealkylation sites (N-methyl/N-ethyl adjacent to an activating group) is 1. The minimum Gasteiger partial charge on any atom is -0.317 e. The molecule has 0 saturated carbocycles. The molecule has 50 valence electrons. The Kier molecular flexibility index (Phi) is 1.53. The zero-order valence-corrected chi connectivity index (χ0v) is 5.48. The Balaban J connectivity index is 2.62. The Morgan fingerprint density at radius 3 is 2.78 bits per heavy atom. The zero-order chi connectivity index (χ0) is 6.85. The van der Waals surface area contributed by atoms with Crippen LogP contribution >= 0.6 is 0 Å². The number of carbonyl (C=O) groups excluding carboxylic acids is 1. The van der Waals surface area contributed by atoms with E-state index in [2.05, 4.69) is 11.9 Å². The van der Waals surface area contributed by atoms with Gasteiger partial charge in [-0.2, -0.15) is 0 Å². The van der Waals surface area contributed by atoms with E-state index in [1.54, 1.807) is 11.9 Å². The lowest BCUT2D eigenvalue weighted by Gasteiger charge is -2.24. The van der Waals surface area contributed by atoms with Crippen molar-refractivity contribution in [3.05, 3.63) is 12.3 Å². The first kappa shape index (κ1) is 6.29. The maximum Gasteiger partial charge on any atom is 0.240 e. The van der Waals surface area contributed by atoms with Crippen LogP contribution in [0, 0.1) is 0 Å². The van der Waals surface area contributed by atoms with Gasteiger partial charge in [-0.05, 0) is 0 Å². The lowest BCUT2D eigenvalue weighted by Crippen LogP contribution is -2.43. The van der Waals surface area contributed by atoms with Gasteiger partial charge >= 0.3 is 0 Å². The fraction of sp³-hybridized carbons (Fsp3) is 0.500. The molecule has 0 aliphatic carbocycles. The van der Waals surface area contributed by atoms with Crippen LogP contribution in [0.3, 0.4) is 0 Å². The lowest BCUT2D eigenvalue weighted by molar-refractivity contribution is -0.128. The summed E-state index contributed by atoms with van der Waals surface area (Å²) in [7, 11) is 1.74. The first-order chi connectivity index (χ1) is 4.22. The highest BCUT2D eigenvalue weighted by molar-refractivity contribution is 5.80. The van der Waals surface area contributed by atoms with Crippen molar-refractivity contribution in [2.24, 2.45) is 0 Å². The standard InChI is InChI=1S/C6H10N2O/c1-5-3-7-4-6(9)8(5)2/h7H,1,3-4H2,2H3. The molecule has 0 unspecified atom stereocenters. The van der Waals surface area contributed by atoms with E-state index < -0.39 is 0 Å². The van der Waals surface area contributed by atoms with E-state index in [1.165, 1.54) is 0 Å². The van der Waals surface area contributed by atoms with Crippen molar-refractivity contribution in [3.63, 3.8) is 0 Å². The summed E-state index contributed by atoms with van der Waals surface area (Å²) >= 11 is 0. The first-order valence-electron chi connectivity index (χ1n) is 2.87. The quantitative estimate of drug-likeness (QED) is 0.477. The lowest BCUT2D eigenvalue weighted by atomic mass is 10.3. The molecule has 0 aromatic heterocycles. The second-order valence-electron chi connectivity index (χ2n) is 2.12. The van der Waals surface area contributed by atoms with Crippen LogP contribution in [0.5, 0.6) is 0 Å². The van der Waals surface area contributed by atoms with E-state index >= 15 is 0 Å². The average molecular weight is 126 g/mol. The molecule has 1 aliphatic heterocycles. The molecule has 1 aliphatic rings. The summed E-state index contributed by atoms with van der Waals surface area (Å²) in [4.78, 5) is 12.4. The van der Waals surface area contributed by atoms with Crippen molar-refractivity contribution in [1.82, 2.24) is 10.2 Å². The fourth-order valence-corrected chi connectivity index (χ4v) is 0.727. The first-order valence-corrected chi connectivity index (χ1v) is 2.87. The predicted octanol–water partition coefficient (Wildman–Crippen LogP) is -0.438. The van der Waals surface area contributed by atoms with Crippen molar-refractivity contribution in [1.29, 1.82) is 0 Å². The Labute approximate surface area is 54.3 Å². The molecule has 0 aromatic carbocycles. The summed E-state index contributed by atoms with van der Waals surface area (Å²) in [6.07, 6.45) is 0. The van der Waals surface area contributed by atoms with Crippen molar-refractivity contribution >= 4 is 5.91 Å². The highest BCUT2D eigenvalue weighted by atomic mass is 16.2. The van der Waals surface area contributed by atoms with Gasteiger partial charge in [-0.1, -0.05) is 6.58 Å². The zero-order valence-electron chi connectivity index (χ0n) is 5.48. The third kappa shape index (κ3) is 1.10. The molecule has 0 aromatic rings. The molecule has 1 fully saturated rings. The van der Waals surface area contributed by atoms with E-state index in [-0.39, 0.29) is 5.91 Å².